The van der Waals surface area contributed by atoms with E-state index >= 15 is 0 Å². The Balaban J connectivity index is 2.19. The van der Waals surface area contributed by atoms with Gasteiger partial charge in [0.25, 0.3) is 5.56 Å². The molecule has 0 unspecified atom stereocenters. The van der Waals surface area contributed by atoms with Crippen LogP contribution < -0.4 is 16.6 Å². The van der Waals surface area contributed by atoms with Crippen LogP contribution in [0.25, 0.3) is 0 Å². The minimum Gasteiger partial charge on any atom is -0.324 e. The van der Waals surface area contributed by atoms with Gasteiger partial charge in [-0.15, -0.1) is 0 Å². The molecule has 0 saturated heterocycles. The summed E-state index contributed by atoms with van der Waals surface area (Å²) in [4.78, 5) is 38.7. The van der Waals surface area contributed by atoms with E-state index in [1.807, 2.05) is 24.9 Å². The molecule has 0 aliphatic heterocycles. The highest BCUT2D eigenvalue weighted by Gasteiger charge is 2.11. The summed E-state index contributed by atoms with van der Waals surface area (Å²) in [6, 6.07) is 4.82. The van der Waals surface area contributed by atoms with Crippen LogP contribution >= 0.6 is 11.6 Å². The van der Waals surface area contributed by atoms with Crippen LogP contribution in [0.4, 0.5) is 5.69 Å². The maximum absolute atomic E-state index is 12.0. The monoisotopic (exact) mass is 307 g/mol. The van der Waals surface area contributed by atoms with Gasteiger partial charge < -0.3 is 10.3 Å². The molecule has 0 bridgehead atoms. The molecule has 1 aromatic heterocycles. The van der Waals surface area contributed by atoms with E-state index in [4.69, 9.17) is 11.6 Å². The van der Waals surface area contributed by atoms with Crippen LogP contribution in [0, 0.1) is 13.8 Å². The van der Waals surface area contributed by atoms with Crippen molar-refractivity contribution in [3.05, 3.63) is 60.9 Å². The Hall–Kier alpha value is -2.34. The first-order valence-electron chi connectivity index (χ1n) is 6.24. The number of hydrogen-bond acceptors (Lipinski definition) is 3. The van der Waals surface area contributed by atoms with E-state index in [9.17, 15) is 14.4 Å². The Labute approximate surface area is 125 Å². The number of carbonyl (C=O) groups excluding carboxylic acids is 1. The number of nitrogens with one attached hydrogen (secondary N) is 3. The highest BCUT2D eigenvalue weighted by molar-refractivity contribution is 6.34. The van der Waals surface area contributed by atoms with E-state index in [0.29, 0.717) is 10.7 Å². The number of hydrogen-bond donors (Lipinski definition) is 3. The van der Waals surface area contributed by atoms with Crippen molar-refractivity contribution in [3.8, 4) is 0 Å². The molecule has 6 nitrogen and oxygen atoms in total. The molecule has 0 aliphatic rings. The van der Waals surface area contributed by atoms with Crippen molar-refractivity contribution in [1.82, 2.24) is 9.97 Å². The lowest BCUT2D eigenvalue weighted by atomic mass is 10.1. The summed E-state index contributed by atoms with van der Waals surface area (Å²) in [5.41, 5.74) is 1.41. The summed E-state index contributed by atoms with van der Waals surface area (Å²) in [7, 11) is 0. The van der Waals surface area contributed by atoms with Gasteiger partial charge in [-0.05, 0) is 31.0 Å². The van der Waals surface area contributed by atoms with E-state index < -0.39 is 11.2 Å². The number of carbonyl (C=O) groups is 1. The molecule has 0 spiro atoms. The Morgan fingerprint density at radius 3 is 2.52 bits per heavy atom. The highest BCUT2D eigenvalue weighted by atomic mass is 35.5. The molecule has 1 heterocycles. The van der Waals surface area contributed by atoms with Crippen molar-refractivity contribution in [2.75, 3.05) is 5.32 Å². The largest absolute Gasteiger partial charge is 0.325 e. The molecule has 0 fully saturated rings. The van der Waals surface area contributed by atoms with Crippen molar-refractivity contribution in [3.63, 3.8) is 0 Å². The minimum absolute atomic E-state index is 0.122. The van der Waals surface area contributed by atoms with Gasteiger partial charge in [-0.2, -0.15) is 0 Å². The molecule has 1 amide bonds. The summed E-state index contributed by atoms with van der Waals surface area (Å²) in [5.74, 6) is -0.370. The third-order valence-corrected chi connectivity index (χ3v) is 3.16. The lowest BCUT2D eigenvalue weighted by Crippen LogP contribution is -2.25. The number of aromatic amines is 2. The molecule has 2 aromatic rings. The van der Waals surface area contributed by atoms with Crippen LogP contribution in [0.5, 0.6) is 0 Å². The van der Waals surface area contributed by atoms with Gasteiger partial charge in [0.2, 0.25) is 5.91 Å². The number of benzene rings is 1. The fourth-order valence-electron chi connectivity index (χ4n) is 2.05. The second kappa shape index (κ2) is 5.97. The molecule has 0 radical (unpaired) electrons. The van der Waals surface area contributed by atoms with Gasteiger partial charge >= 0.3 is 5.69 Å². The Morgan fingerprint density at radius 1 is 1.19 bits per heavy atom. The summed E-state index contributed by atoms with van der Waals surface area (Å²) in [5, 5.41) is 3.13. The van der Waals surface area contributed by atoms with Gasteiger partial charge in [0.1, 0.15) is 0 Å². The summed E-state index contributed by atoms with van der Waals surface area (Å²) in [6.07, 6.45) is -0.122. The smallest absolute Gasteiger partial charge is 0.324 e. The number of rotatable bonds is 3. The molecular formula is C14H14ClN3O3. The van der Waals surface area contributed by atoms with Gasteiger partial charge in [0.15, 0.2) is 0 Å². The summed E-state index contributed by atoms with van der Waals surface area (Å²) < 4.78 is 0. The second-order valence-corrected chi connectivity index (χ2v) is 5.18. The van der Waals surface area contributed by atoms with E-state index in [1.165, 1.54) is 6.07 Å². The van der Waals surface area contributed by atoms with Gasteiger partial charge in [0.05, 0.1) is 17.1 Å². The van der Waals surface area contributed by atoms with Crippen LogP contribution in [0.3, 0.4) is 0 Å². The zero-order chi connectivity index (χ0) is 15.6. The zero-order valence-corrected chi connectivity index (χ0v) is 12.3. The molecule has 0 atom stereocenters. The number of H-pyrrole nitrogens is 2. The first-order chi connectivity index (χ1) is 9.85. The van der Waals surface area contributed by atoms with Crippen molar-refractivity contribution in [1.29, 1.82) is 0 Å². The van der Waals surface area contributed by atoms with Gasteiger partial charge in [-0.1, -0.05) is 17.7 Å². The SMILES string of the molecule is Cc1cc(C)c(NC(=O)Cc2cc(=O)[nH]c(=O)[nH]2)c(Cl)c1. The van der Waals surface area contributed by atoms with Crippen LogP contribution in [-0.2, 0) is 11.2 Å². The maximum Gasteiger partial charge on any atom is 0.325 e. The standard InChI is InChI=1S/C14H14ClN3O3/c1-7-3-8(2)13(10(15)4-7)17-11(19)5-9-6-12(20)18-14(21)16-9/h3-4,6H,5H2,1-2H3,(H,17,19)(H2,16,18,20,21). The lowest BCUT2D eigenvalue weighted by molar-refractivity contribution is -0.115. The molecule has 7 heteroatoms. The van der Waals surface area contributed by atoms with Crippen molar-refractivity contribution >= 4 is 23.2 Å². The van der Waals surface area contributed by atoms with E-state index in [-0.39, 0.29) is 18.0 Å². The molecule has 21 heavy (non-hydrogen) atoms. The number of anilines is 1. The minimum atomic E-state index is -0.644. The lowest BCUT2D eigenvalue weighted by Gasteiger charge is -2.11. The van der Waals surface area contributed by atoms with E-state index in [0.717, 1.165) is 11.1 Å². The number of halogens is 1. The Bertz CT molecular complexity index is 756. The van der Waals surface area contributed by atoms with Crippen LogP contribution in [-0.4, -0.2) is 15.9 Å². The predicted octanol–water partition coefficient (Wildman–Crippen LogP) is 1.51. The summed E-state index contributed by atoms with van der Waals surface area (Å²) >= 11 is 6.10. The molecule has 2 rings (SSSR count). The Kier molecular flexibility index (Phi) is 4.28. The average Bonchev–Trinajstić information content (AvgIpc) is 2.32. The van der Waals surface area contributed by atoms with Crippen LogP contribution in [0.1, 0.15) is 16.8 Å². The van der Waals surface area contributed by atoms with E-state index in [1.54, 1.807) is 6.07 Å². The number of aromatic nitrogens is 2. The normalized spacial score (nSPS) is 10.4. The number of aryl methyl sites for hydroxylation is 2. The Morgan fingerprint density at radius 2 is 1.90 bits per heavy atom. The fraction of sp³-hybridized carbons (Fsp3) is 0.214. The maximum atomic E-state index is 12.0. The third-order valence-electron chi connectivity index (χ3n) is 2.86. The molecule has 110 valence electrons. The van der Waals surface area contributed by atoms with Crippen molar-refractivity contribution < 1.29 is 4.79 Å². The van der Waals surface area contributed by atoms with E-state index in [2.05, 4.69) is 10.3 Å². The third kappa shape index (κ3) is 3.82. The highest BCUT2D eigenvalue weighted by Crippen LogP contribution is 2.27. The predicted molar refractivity (Wildman–Crippen MR) is 80.9 cm³/mol. The molecule has 0 aliphatic carbocycles. The van der Waals surface area contributed by atoms with Gasteiger partial charge in [0, 0.05) is 11.8 Å². The topological polar surface area (TPSA) is 94.8 Å². The second-order valence-electron chi connectivity index (χ2n) is 4.78. The van der Waals surface area contributed by atoms with Gasteiger partial charge in [-0.25, -0.2) is 4.79 Å². The molecular weight excluding hydrogens is 294 g/mol. The quantitative estimate of drug-likeness (QED) is 0.802. The average molecular weight is 308 g/mol. The van der Waals surface area contributed by atoms with Crippen LogP contribution in [0.15, 0.2) is 27.8 Å². The fourth-order valence-corrected chi connectivity index (χ4v) is 2.41. The van der Waals surface area contributed by atoms with Crippen molar-refractivity contribution in [2.24, 2.45) is 0 Å². The van der Waals surface area contributed by atoms with Gasteiger partial charge in [-0.3, -0.25) is 14.6 Å². The first-order valence-corrected chi connectivity index (χ1v) is 6.62. The molecule has 0 saturated carbocycles. The van der Waals surface area contributed by atoms with Crippen molar-refractivity contribution in [2.45, 2.75) is 20.3 Å². The molecule has 3 N–H and O–H groups in total. The zero-order valence-electron chi connectivity index (χ0n) is 11.5. The van der Waals surface area contributed by atoms with Crippen LogP contribution in [0.2, 0.25) is 5.02 Å². The number of amides is 1. The molecule has 1 aromatic carbocycles. The first kappa shape index (κ1) is 15.1. The summed E-state index contributed by atoms with van der Waals surface area (Å²) in [6.45, 7) is 3.75.